The van der Waals surface area contributed by atoms with Crippen LogP contribution in [0.25, 0.3) is 0 Å². The summed E-state index contributed by atoms with van der Waals surface area (Å²) >= 11 is 6.13. The van der Waals surface area contributed by atoms with Gasteiger partial charge in [0.25, 0.3) is 0 Å². The second-order valence-corrected chi connectivity index (χ2v) is 5.07. The highest BCUT2D eigenvalue weighted by molar-refractivity contribution is 6.31. The first-order valence-corrected chi connectivity index (χ1v) is 6.85. The second-order valence-electron chi connectivity index (χ2n) is 4.67. The van der Waals surface area contributed by atoms with Gasteiger partial charge in [-0.1, -0.05) is 36.7 Å². The van der Waals surface area contributed by atoms with E-state index in [0.717, 1.165) is 17.7 Å². The molecule has 0 bridgehead atoms. The van der Waals surface area contributed by atoms with E-state index in [2.05, 4.69) is 5.32 Å². The number of hydrogen-bond donors (Lipinski definition) is 1. The summed E-state index contributed by atoms with van der Waals surface area (Å²) in [5.74, 6) is -0.613. The second kappa shape index (κ2) is 6.33. The van der Waals surface area contributed by atoms with Crippen LogP contribution < -0.4 is 5.32 Å². The van der Waals surface area contributed by atoms with Gasteiger partial charge in [-0.3, -0.25) is 0 Å². The van der Waals surface area contributed by atoms with Gasteiger partial charge in [0.05, 0.1) is 6.04 Å². The Morgan fingerprint density at radius 2 is 1.90 bits per heavy atom. The number of aryl methyl sites for hydroxylation is 1. The molecule has 0 aromatic heterocycles. The van der Waals surface area contributed by atoms with Gasteiger partial charge in [-0.2, -0.15) is 0 Å². The molecule has 1 nitrogen and oxygen atoms in total. The Morgan fingerprint density at radius 1 is 1.15 bits per heavy atom. The van der Waals surface area contributed by atoms with Crippen molar-refractivity contribution in [2.75, 3.05) is 6.54 Å². The third kappa shape index (κ3) is 3.17. The molecule has 0 radical (unpaired) electrons. The number of halogens is 3. The minimum atomic E-state index is -0.371. The zero-order chi connectivity index (χ0) is 14.7. The lowest BCUT2D eigenvalue weighted by atomic mass is 9.97. The van der Waals surface area contributed by atoms with Crippen LogP contribution >= 0.6 is 11.6 Å². The van der Waals surface area contributed by atoms with Gasteiger partial charge in [0.15, 0.2) is 0 Å². The Morgan fingerprint density at radius 3 is 2.50 bits per heavy atom. The molecule has 0 fully saturated rings. The highest BCUT2D eigenvalue weighted by Gasteiger charge is 2.17. The summed E-state index contributed by atoms with van der Waals surface area (Å²) in [5, 5.41) is 3.65. The number of benzene rings is 2. The summed E-state index contributed by atoms with van der Waals surface area (Å²) in [5.41, 5.74) is 2.25. The van der Waals surface area contributed by atoms with E-state index in [-0.39, 0.29) is 17.7 Å². The molecular formula is C16H16ClF2N. The molecule has 0 aliphatic rings. The van der Waals surface area contributed by atoms with Crippen molar-refractivity contribution >= 4 is 11.6 Å². The average molecular weight is 296 g/mol. The molecule has 1 atom stereocenters. The lowest BCUT2D eigenvalue weighted by Gasteiger charge is -2.20. The Balaban J connectivity index is 2.47. The van der Waals surface area contributed by atoms with Gasteiger partial charge in [0.1, 0.15) is 11.6 Å². The van der Waals surface area contributed by atoms with E-state index in [4.69, 9.17) is 11.6 Å². The zero-order valence-electron chi connectivity index (χ0n) is 11.4. The quantitative estimate of drug-likeness (QED) is 0.867. The van der Waals surface area contributed by atoms with Gasteiger partial charge in [-0.25, -0.2) is 8.78 Å². The first kappa shape index (κ1) is 14.9. The van der Waals surface area contributed by atoms with E-state index in [0.29, 0.717) is 10.6 Å². The number of rotatable bonds is 4. The molecule has 0 heterocycles. The molecule has 1 unspecified atom stereocenters. The molecular weight excluding hydrogens is 280 g/mol. The van der Waals surface area contributed by atoms with Crippen LogP contribution in [-0.4, -0.2) is 6.54 Å². The SMILES string of the molecule is CCNC(c1ccc(F)c(C)c1)c1ccc(F)cc1Cl. The van der Waals surface area contributed by atoms with Crippen molar-refractivity contribution in [3.05, 3.63) is 69.7 Å². The van der Waals surface area contributed by atoms with Crippen molar-refractivity contribution in [2.45, 2.75) is 19.9 Å². The van der Waals surface area contributed by atoms with Gasteiger partial charge in [0.2, 0.25) is 0 Å². The highest BCUT2D eigenvalue weighted by atomic mass is 35.5. The third-order valence-corrected chi connectivity index (χ3v) is 3.52. The summed E-state index contributed by atoms with van der Waals surface area (Å²) < 4.78 is 26.5. The van der Waals surface area contributed by atoms with Crippen LogP contribution in [0.15, 0.2) is 36.4 Å². The van der Waals surface area contributed by atoms with E-state index in [1.54, 1.807) is 25.1 Å². The normalized spacial score (nSPS) is 12.4. The van der Waals surface area contributed by atoms with Gasteiger partial charge >= 0.3 is 0 Å². The summed E-state index contributed by atoms with van der Waals surface area (Å²) in [6.45, 7) is 4.41. The Kier molecular flexibility index (Phi) is 4.73. The molecule has 0 aliphatic heterocycles. The van der Waals surface area contributed by atoms with Crippen LogP contribution in [0, 0.1) is 18.6 Å². The minimum Gasteiger partial charge on any atom is -0.306 e. The maximum Gasteiger partial charge on any atom is 0.126 e. The van der Waals surface area contributed by atoms with Gasteiger partial charge in [0, 0.05) is 5.02 Å². The van der Waals surface area contributed by atoms with E-state index < -0.39 is 0 Å². The van der Waals surface area contributed by atoms with Crippen LogP contribution in [0.2, 0.25) is 5.02 Å². The standard InChI is InChI=1S/C16H16ClF2N/c1-3-20-16(11-4-7-15(19)10(2)8-11)13-6-5-12(18)9-14(13)17/h4-9,16,20H,3H2,1-2H3. The van der Waals surface area contributed by atoms with Crippen molar-refractivity contribution in [2.24, 2.45) is 0 Å². The largest absolute Gasteiger partial charge is 0.306 e. The van der Waals surface area contributed by atoms with E-state index >= 15 is 0 Å². The summed E-state index contributed by atoms with van der Waals surface area (Å²) in [4.78, 5) is 0. The monoisotopic (exact) mass is 295 g/mol. The molecule has 1 N–H and O–H groups in total. The maximum absolute atomic E-state index is 13.4. The molecule has 4 heteroatoms. The first-order valence-electron chi connectivity index (χ1n) is 6.47. The minimum absolute atomic E-state index is 0.188. The first-order chi connectivity index (χ1) is 9.52. The predicted octanol–water partition coefficient (Wildman–Crippen LogP) is 4.63. The Labute approximate surface area is 122 Å². The average Bonchev–Trinajstić information content (AvgIpc) is 2.40. The van der Waals surface area contributed by atoms with E-state index in [9.17, 15) is 8.78 Å². The summed E-state index contributed by atoms with van der Waals surface area (Å²) in [6.07, 6.45) is 0. The fourth-order valence-electron chi connectivity index (χ4n) is 2.19. The van der Waals surface area contributed by atoms with Crippen LogP contribution in [-0.2, 0) is 0 Å². The summed E-state index contributed by atoms with van der Waals surface area (Å²) in [7, 11) is 0. The molecule has 20 heavy (non-hydrogen) atoms. The van der Waals surface area contributed by atoms with Crippen LogP contribution in [0.1, 0.15) is 29.7 Å². The van der Waals surface area contributed by atoms with E-state index in [1.807, 2.05) is 6.92 Å². The van der Waals surface area contributed by atoms with Crippen molar-refractivity contribution in [1.29, 1.82) is 0 Å². The topological polar surface area (TPSA) is 12.0 Å². The molecule has 2 aromatic carbocycles. The predicted molar refractivity (Wildman–Crippen MR) is 78.1 cm³/mol. The van der Waals surface area contributed by atoms with Crippen LogP contribution in [0.4, 0.5) is 8.78 Å². The molecule has 2 aromatic rings. The number of nitrogens with one attached hydrogen (secondary N) is 1. The lowest BCUT2D eigenvalue weighted by Crippen LogP contribution is -2.22. The molecule has 0 saturated heterocycles. The van der Waals surface area contributed by atoms with Crippen LogP contribution in [0.3, 0.4) is 0 Å². The van der Waals surface area contributed by atoms with Crippen molar-refractivity contribution in [3.63, 3.8) is 0 Å². The van der Waals surface area contributed by atoms with Gasteiger partial charge in [-0.15, -0.1) is 0 Å². The third-order valence-electron chi connectivity index (χ3n) is 3.20. The molecule has 0 aliphatic carbocycles. The Bertz CT molecular complexity index is 613. The fraction of sp³-hybridized carbons (Fsp3) is 0.250. The summed E-state index contributed by atoms with van der Waals surface area (Å²) in [6, 6.07) is 9.07. The molecule has 0 saturated carbocycles. The smallest absolute Gasteiger partial charge is 0.126 e. The molecule has 0 spiro atoms. The van der Waals surface area contributed by atoms with Crippen LogP contribution in [0.5, 0.6) is 0 Å². The Hall–Kier alpha value is -1.45. The van der Waals surface area contributed by atoms with Gasteiger partial charge < -0.3 is 5.32 Å². The molecule has 0 amide bonds. The zero-order valence-corrected chi connectivity index (χ0v) is 12.1. The van der Waals surface area contributed by atoms with Gasteiger partial charge in [-0.05, 0) is 48.4 Å². The fourth-order valence-corrected chi connectivity index (χ4v) is 2.47. The van der Waals surface area contributed by atoms with Crippen molar-refractivity contribution < 1.29 is 8.78 Å². The maximum atomic E-state index is 13.4. The van der Waals surface area contributed by atoms with Crippen molar-refractivity contribution in [3.8, 4) is 0 Å². The van der Waals surface area contributed by atoms with Crippen molar-refractivity contribution in [1.82, 2.24) is 5.32 Å². The number of hydrogen-bond acceptors (Lipinski definition) is 1. The lowest BCUT2D eigenvalue weighted by molar-refractivity contribution is 0.603. The van der Waals surface area contributed by atoms with E-state index in [1.165, 1.54) is 18.2 Å². The molecule has 2 rings (SSSR count). The molecule has 106 valence electrons. The highest BCUT2D eigenvalue weighted by Crippen LogP contribution is 2.29.